The van der Waals surface area contributed by atoms with Crippen molar-refractivity contribution in [1.29, 1.82) is 0 Å². The van der Waals surface area contributed by atoms with E-state index in [9.17, 15) is 19.2 Å². The van der Waals surface area contributed by atoms with E-state index in [1.54, 1.807) is 0 Å². The van der Waals surface area contributed by atoms with E-state index in [1.165, 1.54) is 0 Å². The molecule has 11 N–H and O–H groups in total. The van der Waals surface area contributed by atoms with E-state index >= 15 is 0 Å². The first-order valence-corrected chi connectivity index (χ1v) is 7.07. The zero-order valence-corrected chi connectivity index (χ0v) is 13.7. The highest BCUT2D eigenvalue weighted by Gasteiger charge is 2.51. The van der Waals surface area contributed by atoms with E-state index in [2.05, 4.69) is 0 Å². The molecule has 0 atom stereocenters. The van der Waals surface area contributed by atoms with Gasteiger partial charge in [0.2, 0.25) is 0 Å². The molecule has 0 heterocycles. The van der Waals surface area contributed by atoms with Crippen molar-refractivity contribution in [2.75, 3.05) is 13.2 Å². The summed E-state index contributed by atoms with van der Waals surface area (Å²) in [5, 5.41) is 59.1. The predicted octanol–water partition coefficient (Wildman–Crippen LogP) is -3.39. The third-order valence-electron chi connectivity index (χ3n) is 3.28. The lowest BCUT2D eigenvalue weighted by Crippen LogP contribution is -2.68. The molecule has 0 fully saturated rings. The molecule has 0 bridgehead atoms. The van der Waals surface area contributed by atoms with Crippen LogP contribution in [-0.2, 0) is 19.2 Å². The molecule has 0 saturated carbocycles. The number of rotatable bonds is 11. The topological polar surface area (TPSA) is 262 Å². The molecule has 0 aliphatic rings. The summed E-state index contributed by atoms with van der Waals surface area (Å²) < 4.78 is 0. The number of carboxylic acids is 4. The zero-order chi connectivity index (χ0) is 21.1. The summed E-state index contributed by atoms with van der Waals surface area (Å²) in [6, 6.07) is 0. The number of nitrogens with two attached hydrogens (primary N) is 2. The molecule has 26 heavy (non-hydrogen) atoms. The van der Waals surface area contributed by atoms with E-state index in [0.717, 1.165) is 0 Å². The maximum Gasteiger partial charge on any atom is 0.305 e. The minimum absolute atomic E-state index is 0.365. The zero-order valence-electron chi connectivity index (χ0n) is 13.7. The van der Waals surface area contributed by atoms with Crippen LogP contribution in [0.4, 0.5) is 0 Å². The first-order valence-electron chi connectivity index (χ1n) is 7.07. The average molecular weight is 384 g/mol. The predicted molar refractivity (Wildman–Crippen MR) is 83.0 cm³/mol. The second kappa shape index (κ2) is 11.3. The minimum atomic E-state index is -2.22. The standard InChI is InChI=1S/C10H16N2O8.C3H8O3/c11-9(1-5(13)14,2-6(15)16)10(12,3-7(17)18)4-8(19)20;4-1-3(6)2-5/h1-4,11-12H2,(H,13,14)(H,15,16)(H,17,18)(H,19,20);3-6H,1-2H2. The van der Waals surface area contributed by atoms with Gasteiger partial charge in [-0.3, -0.25) is 19.2 Å². The van der Waals surface area contributed by atoms with Crippen molar-refractivity contribution in [3.63, 3.8) is 0 Å². The summed E-state index contributed by atoms with van der Waals surface area (Å²) in [7, 11) is 0. The van der Waals surface area contributed by atoms with Crippen molar-refractivity contribution < 1.29 is 54.9 Å². The van der Waals surface area contributed by atoms with Gasteiger partial charge in [-0.15, -0.1) is 0 Å². The second-order valence-electron chi connectivity index (χ2n) is 5.61. The Kier molecular flexibility index (Phi) is 11.3. The molecule has 0 aliphatic heterocycles. The summed E-state index contributed by atoms with van der Waals surface area (Å²) in [4.78, 5) is 43.2. The van der Waals surface area contributed by atoms with Gasteiger partial charge in [-0.25, -0.2) is 0 Å². The van der Waals surface area contributed by atoms with Gasteiger partial charge < -0.3 is 47.2 Å². The Bertz CT molecular complexity index is 432. The maximum absolute atomic E-state index is 10.8. The highest BCUT2D eigenvalue weighted by Crippen LogP contribution is 2.31. The van der Waals surface area contributed by atoms with Gasteiger partial charge in [0.05, 0.1) is 50.0 Å². The van der Waals surface area contributed by atoms with E-state index in [0.29, 0.717) is 0 Å². The molecule has 0 unspecified atom stereocenters. The monoisotopic (exact) mass is 384 g/mol. The van der Waals surface area contributed by atoms with Crippen LogP contribution in [0, 0.1) is 0 Å². The first kappa shape index (κ1) is 25.9. The van der Waals surface area contributed by atoms with Gasteiger partial charge in [-0.2, -0.15) is 0 Å². The fourth-order valence-electron chi connectivity index (χ4n) is 1.97. The second-order valence-corrected chi connectivity index (χ2v) is 5.61. The molecule has 13 nitrogen and oxygen atoms in total. The average Bonchev–Trinajstić information content (AvgIpc) is 2.43. The van der Waals surface area contributed by atoms with Gasteiger partial charge in [0.1, 0.15) is 6.10 Å². The molecule has 0 spiro atoms. The lowest BCUT2D eigenvalue weighted by atomic mass is 9.69. The number of hydrogen-bond donors (Lipinski definition) is 9. The summed E-state index contributed by atoms with van der Waals surface area (Å²) >= 11 is 0. The van der Waals surface area contributed by atoms with Gasteiger partial charge >= 0.3 is 23.9 Å². The third-order valence-corrected chi connectivity index (χ3v) is 3.28. The Morgan fingerprint density at radius 2 is 0.846 bits per heavy atom. The normalized spacial score (nSPS) is 11.5. The molecule has 0 amide bonds. The Hall–Kier alpha value is -2.32. The molecule has 0 aliphatic carbocycles. The van der Waals surface area contributed by atoms with E-state index in [4.69, 9.17) is 47.2 Å². The van der Waals surface area contributed by atoms with Crippen LogP contribution in [0.1, 0.15) is 25.7 Å². The van der Waals surface area contributed by atoms with E-state index in [-0.39, 0.29) is 13.2 Å². The van der Waals surface area contributed by atoms with E-state index < -0.39 is 66.7 Å². The lowest BCUT2D eigenvalue weighted by Gasteiger charge is -2.42. The summed E-state index contributed by atoms with van der Waals surface area (Å²) in [5.74, 6) is -6.06. The van der Waals surface area contributed by atoms with Gasteiger partial charge in [0, 0.05) is 0 Å². The van der Waals surface area contributed by atoms with Gasteiger partial charge in [0.15, 0.2) is 0 Å². The largest absolute Gasteiger partial charge is 0.481 e. The van der Waals surface area contributed by atoms with Crippen molar-refractivity contribution in [3.8, 4) is 0 Å². The molecule has 152 valence electrons. The number of aliphatic hydroxyl groups is 3. The SMILES string of the molecule is NC(CC(=O)O)(CC(=O)O)C(N)(CC(=O)O)CC(=O)O.OCC(O)CO. The van der Waals surface area contributed by atoms with Crippen molar-refractivity contribution in [2.24, 2.45) is 11.5 Å². The Morgan fingerprint density at radius 1 is 0.654 bits per heavy atom. The highest BCUT2D eigenvalue weighted by molar-refractivity contribution is 5.78. The fourth-order valence-corrected chi connectivity index (χ4v) is 1.97. The van der Waals surface area contributed by atoms with Crippen LogP contribution in [-0.4, -0.2) is 90.0 Å². The minimum Gasteiger partial charge on any atom is -0.481 e. The molecule has 0 aromatic heterocycles. The van der Waals surface area contributed by atoms with Crippen LogP contribution in [0.3, 0.4) is 0 Å². The number of aliphatic hydroxyl groups excluding tert-OH is 3. The molecule has 13 heteroatoms. The van der Waals surface area contributed by atoms with Crippen molar-refractivity contribution in [3.05, 3.63) is 0 Å². The maximum atomic E-state index is 10.8. The fraction of sp³-hybridized carbons (Fsp3) is 0.692. The van der Waals surface area contributed by atoms with Crippen LogP contribution in [0.5, 0.6) is 0 Å². The Morgan fingerprint density at radius 3 is 0.923 bits per heavy atom. The highest BCUT2D eigenvalue weighted by atomic mass is 16.4. The number of aliphatic carboxylic acids is 4. The van der Waals surface area contributed by atoms with Crippen LogP contribution in [0.2, 0.25) is 0 Å². The van der Waals surface area contributed by atoms with Crippen LogP contribution in [0.15, 0.2) is 0 Å². The summed E-state index contributed by atoms with van der Waals surface area (Å²) in [6.45, 7) is -0.729. The van der Waals surface area contributed by atoms with Crippen molar-refractivity contribution in [1.82, 2.24) is 0 Å². The first-order chi connectivity index (χ1) is 11.7. The quantitative estimate of drug-likeness (QED) is 0.168. The molecule has 0 rings (SSSR count). The molecular formula is C13H24N2O11. The van der Waals surface area contributed by atoms with Gasteiger partial charge in [-0.05, 0) is 0 Å². The summed E-state index contributed by atoms with van der Waals surface area (Å²) in [5.41, 5.74) is 6.88. The van der Waals surface area contributed by atoms with Crippen molar-refractivity contribution in [2.45, 2.75) is 42.9 Å². The van der Waals surface area contributed by atoms with Crippen LogP contribution >= 0.6 is 0 Å². The molecule has 0 aromatic carbocycles. The Balaban J connectivity index is 0. The lowest BCUT2D eigenvalue weighted by molar-refractivity contribution is -0.150. The molecule has 0 aromatic rings. The van der Waals surface area contributed by atoms with E-state index in [1.807, 2.05) is 0 Å². The number of hydrogen-bond acceptors (Lipinski definition) is 9. The summed E-state index contributed by atoms with van der Waals surface area (Å²) in [6.07, 6.45) is -4.86. The molecular weight excluding hydrogens is 360 g/mol. The van der Waals surface area contributed by atoms with Crippen LogP contribution < -0.4 is 11.5 Å². The molecule has 0 saturated heterocycles. The van der Waals surface area contributed by atoms with Crippen LogP contribution in [0.25, 0.3) is 0 Å². The van der Waals surface area contributed by atoms with Gasteiger partial charge in [-0.1, -0.05) is 0 Å². The number of carboxylic acid groups (broad SMARTS) is 4. The van der Waals surface area contributed by atoms with Crippen molar-refractivity contribution >= 4 is 23.9 Å². The third kappa shape index (κ3) is 9.85. The Labute approximate surface area is 147 Å². The van der Waals surface area contributed by atoms with Gasteiger partial charge in [0.25, 0.3) is 0 Å². The molecule has 0 radical (unpaired) electrons. The number of carbonyl (C=O) groups is 4. The smallest absolute Gasteiger partial charge is 0.305 e.